The van der Waals surface area contributed by atoms with Crippen LogP contribution in [0, 0.1) is 13.8 Å². The molecule has 76 valence electrons. The van der Waals surface area contributed by atoms with Gasteiger partial charge in [-0.1, -0.05) is 6.07 Å². The average molecular weight is 191 g/mol. The van der Waals surface area contributed by atoms with Crippen LogP contribution >= 0.6 is 0 Å². The molecule has 0 amide bonds. The fourth-order valence-corrected chi connectivity index (χ4v) is 1.76. The van der Waals surface area contributed by atoms with E-state index in [1.807, 2.05) is 45.0 Å². The van der Waals surface area contributed by atoms with Gasteiger partial charge in [0, 0.05) is 25.3 Å². The number of Topliss-reactive ketones (excluding diaryl/α,β-unsaturated/α-hetero) is 1. The van der Waals surface area contributed by atoms with Crippen molar-refractivity contribution in [3.05, 3.63) is 28.8 Å². The van der Waals surface area contributed by atoms with E-state index in [-0.39, 0.29) is 5.78 Å². The molecule has 0 atom stereocenters. The number of carbonyl (C=O) groups is 1. The van der Waals surface area contributed by atoms with E-state index < -0.39 is 0 Å². The maximum atomic E-state index is 11.5. The van der Waals surface area contributed by atoms with Crippen molar-refractivity contribution in [2.24, 2.45) is 0 Å². The minimum atomic E-state index is 0.131. The minimum Gasteiger partial charge on any atom is -0.377 e. The third-order valence-corrected chi connectivity index (χ3v) is 2.29. The van der Waals surface area contributed by atoms with Crippen LogP contribution in [0.1, 0.15) is 28.4 Å². The summed E-state index contributed by atoms with van der Waals surface area (Å²) in [6.45, 7) is 5.64. The van der Waals surface area contributed by atoms with Crippen molar-refractivity contribution in [2.45, 2.75) is 20.8 Å². The molecule has 0 radical (unpaired) electrons. The van der Waals surface area contributed by atoms with E-state index in [9.17, 15) is 4.79 Å². The van der Waals surface area contributed by atoms with E-state index >= 15 is 0 Å². The molecule has 1 aromatic rings. The third kappa shape index (κ3) is 1.95. The maximum absolute atomic E-state index is 11.5. The van der Waals surface area contributed by atoms with Crippen molar-refractivity contribution in [2.75, 3.05) is 19.0 Å². The average Bonchev–Trinajstić information content (AvgIpc) is 2.01. The standard InChI is InChI=1S/C12H17NO/c1-8-6-9(2)12(10(3)14)11(7-8)13(4)5/h6-7H,1-5H3. The van der Waals surface area contributed by atoms with Crippen molar-refractivity contribution >= 4 is 11.5 Å². The molecule has 0 aliphatic carbocycles. The molecule has 14 heavy (non-hydrogen) atoms. The first kappa shape index (κ1) is 10.8. The van der Waals surface area contributed by atoms with Crippen LogP contribution in [0.4, 0.5) is 5.69 Å². The Balaban J connectivity index is 3.44. The number of hydrogen-bond donors (Lipinski definition) is 0. The molecule has 0 heterocycles. The highest BCUT2D eigenvalue weighted by Crippen LogP contribution is 2.24. The van der Waals surface area contributed by atoms with Gasteiger partial charge in [-0.05, 0) is 38.0 Å². The van der Waals surface area contributed by atoms with Crippen LogP contribution in [-0.4, -0.2) is 19.9 Å². The fourth-order valence-electron chi connectivity index (χ4n) is 1.76. The van der Waals surface area contributed by atoms with Crippen molar-refractivity contribution in [3.63, 3.8) is 0 Å². The van der Waals surface area contributed by atoms with Gasteiger partial charge in [0.1, 0.15) is 0 Å². The second kappa shape index (κ2) is 3.82. The SMILES string of the molecule is CC(=O)c1c(C)cc(C)cc1N(C)C. The summed E-state index contributed by atoms with van der Waals surface area (Å²) in [6, 6.07) is 4.09. The molecule has 2 heteroatoms. The van der Waals surface area contributed by atoms with Gasteiger partial charge >= 0.3 is 0 Å². The number of hydrogen-bond acceptors (Lipinski definition) is 2. The smallest absolute Gasteiger partial charge is 0.162 e. The zero-order valence-electron chi connectivity index (χ0n) is 9.51. The number of ketones is 1. The van der Waals surface area contributed by atoms with Crippen molar-refractivity contribution < 1.29 is 4.79 Å². The summed E-state index contributed by atoms with van der Waals surface area (Å²) in [5, 5.41) is 0. The van der Waals surface area contributed by atoms with Crippen LogP contribution < -0.4 is 4.90 Å². The number of aryl methyl sites for hydroxylation is 2. The van der Waals surface area contributed by atoms with Gasteiger partial charge in [-0.15, -0.1) is 0 Å². The lowest BCUT2D eigenvalue weighted by Crippen LogP contribution is -2.14. The lowest BCUT2D eigenvalue weighted by molar-refractivity contribution is 0.101. The molecule has 0 aliphatic heterocycles. The third-order valence-electron chi connectivity index (χ3n) is 2.29. The summed E-state index contributed by atoms with van der Waals surface area (Å²) < 4.78 is 0. The Hall–Kier alpha value is -1.31. The monoisotopic (exact) mass is 191 g/mol. The lowest BCUT2D eigenvalue weighted by Gasteiger charge is -2.18. The Morgan fingerprint density at radius 3 is 2.21 bits per heavy atom. The molecular formula is C12H17NO. The summed E-state index contributed by atoms with van der Waals surface area (Å²) in [5.41, 5.74) is 4.09. The van der Waals surface area contributed by atoms with Gasteiger partial charge in [0.15, 0.2) is 5.78 Å². The largest absolute Gasteiger partial charge is 0.377 e. The minimum absolute atomic E-state index is 0.131. The second-order valence-corrected chi connectivity index (χ2v) is 3.93. The van der Waals surface area contributed by atoms with E-state index in [1.54, 1.807) is 6.92 Å². The zero-order chi connectivity index (χ0) is 10.9. The van der Waals surface area contributed by atoms with Gasteiger partial charge in [-0.2, -0.15) is 0 Å². The number of rotatable bonds is 2. The van der Waals surface area contributed by atoms with Gasteiger partial charge in [0.2, 0.25) is 0 Å². The molecule has 0 spiro atoms. The van der Waals surface area contributed by atoms with Gasteiger partial charge in [-0.25, -0.2) is 0 Å². The lowest BCUT2D eigenvalue weighted by atomic mass is 10.00. The summed E-state index contributed by atoms with van der Waals surface area (Å²) >= 11 is 0. The van der Waals surface area contributed by atoms with E-state index in [1.165, 1.54) is 5.56 Å². The number of benzene rings is 1. The Labute approximate surface area is 85.5 Å². The topological polar surface area (TPSA) is 20.3 Å². The Morgan fingerprint density at radius 2 is 1.79 bits per heavy atom. The van der Waals surface area contributed by atoms with Crippen LogP contribution in [0.5, 0.6) is 0 Å². The summed E-state index contributed by atoms with van der Waals surface area (Å²) in [7, 11) is 3.92. The predicted molar refractivity (Wildman–Crippen MR) is 60.2 cm³/mol. The molecule has 2 nitrogen and oxygen atoms in total. The molecule has 0 saturated carbocycles. The van der Waals surface area contributed by atoms with E-state index in [0.29, 0.717) is 0 Å². The Bertz CT molecular complexity index is 367. The molecule has 1 rings (SSSR count). The van der Waals surface area contributed by atoms with E-state index in [2.05, 4.69) is 0 Å². The number of nitrogens with zero attached hydrogens (tertiary/aromatic N) is 1. The van der Waals surface area contributed by atoms with Crippen LogP contribution in [0.25, 0.3) is 0 Å². The van der Waals surface area contributed by atoms with Crippen LogP contribution in [-0.2, 0) is 0 Å². The van der Waals surface area contributed by atoms with Crippen LogP contribution in [0.3, 0.4) is 0 Å². The normalized spacial score (nSPS) is 10.1. The highest BCUT2D eigenvalue weighted by atomic mass is 16.1. The molecule has 1 aromatic carbocycles. The van der Waals surface area contributed by atoms with Crippen molar-refractivity contribution in [3.8, 4) is 0 Å². The van der Waals surface area contributed by atoms with E-state index in [4.69, 9.17) is 0 Å². The molecular weight excluding hydrogens is 174 g/mol. The first-order valence-corrected chi connectivity index (χ1v) is 4.73. The first-order valence-electron chi connectivity index (χ1n) is 4.73. The number of anilines is 1. The zero-order valence-corrected chi connectivity index (χ0v) is 9.51. The molecule has 0 aliphatic rings. The molecule has 0 saturated heterocycles. The van der Waals surface area contributed by atoms with Crippen LogP contribution in [0.15, 0.2) is 12.1 Å². The second-order valence-electron chi connectivity index (χ2n) is 3.93. The fraction of sp³-hybridized carbons (Fsp3) is 0.417. The van der Waals surface area contributed by atoms with Crippen molar-refractivity contribution in [1.82, 2.24) is 0 Å². The Morgan fingerprint density at radius 1 is 1.21 bits per heavy atom. The van der Waals surface area contributed by atoms with Gasteiger partial charge < -0.3 is 4.90 Å². The van der Waals surface area contributed by atoms with Gasteiger partial charge in [-0.3, -0.25) is 4.79 Å². The quantitative estimate of drug-likeness (QED) is 0.670. The molecule has 0 unspecified atom stereocenters. The molecule has 0 N–H and O–H groups in total. The summed E-state index contributed by atoms with van der Waals surface area (Å²) in [5.74, 6) is 0.131. The van der Waals surface area contributed by atoms with Gasteiger partial charge in [0.05, 0.1) is 0 Å². The Kier molecular flexibility index (Phi) is 2.94. The highest BCUT2D eigenvalue weighted by molar-refractivity contribution is 6.01. The van der Waals surface area contributed by atoms with Gasteiger partial charge in [0.25, 0.3) is 0 Å². The highest BCUT2D eigenvalue weighted by Gasteiger charge is 2.12. The predicted octanol–water partition coefficient (Wildman–Crippen LogP) is 2.57. The van der Waals surface area contributed by atoms with E-state index in [0.717, 1.165) is 16.8 Å². The molecule has 0 fully saturated rings. The van der Waals surface area contributed by atoms with Crippen molar-refractivity contribution in [1.29, 1.82) is 0 Å². The molecule has 0 bridgehead atoms. The van der Waals surface area contributed by atoms with Crippen LogP contribution in [0.2, 0.25) is 0 Å². The summed E-state index contributed by atoms with van der Waals surface area (Å²) in [4.78, 5) is 13.5. The summed E-state index contributed by atoms with van der Waals surface area (Å²) in [6.07, 6.45) is 0. The molecule has 0 aromatic heterocycles. The first-order chi connectivity index (χ1) is 6.43. The maximum Gasteiger partial charge on any atom is 0.162 e. The number of carbonyl (C=O) groups excluding carboxylic acids is 1.